The van der Waals surface area contributed by atoms with Crippen LogP contribution in [0.1, 0.15) is 45.5 Å². The molecule has 5 heteroatoms. The van der Waals surface area contributed by atoms with Gasteiger partial charge >= 0.3 is 0 Å². The molecule has 1 amide bonds. The number of terminal acetylenes is 1. The van der Waals surface area contributed by atoms with Crippen molar-refractivity contribution >= 4 is 23.0 Å². The quantitative estimate of drug-likeness (QED) is 0.358. The number of likely N-dealkylation sites (tertiary alicyclic amines) is 1. The highest BCUT2D eigenvalue weighted by Gasteiger charge is 2.26. The Bertz CT molecular complexity index is 1340. The van der Waals surface area contributed by atoms with E-state index in [9.17, 15) is 9.18 Å². The van der Waals surface area contributed by atoms with Gasteiger partial charge in [0.1, 0.15) is 5.82 Å². The molecule has 0 bridgehead atoms. The van der Waals surface area contributed by atoms with E-state index in [0.717, 1.165) is 35.4 Å². The molecule has 0 aromatic heterocycles. The maximum Gasteiger partial charge on any atom is 0.253 e. The number of nitrogens with zero attached hydrogens (tertiary/aromatic N) is 2. The van der Waals surface area contributed by atoms with E-state index < -0.39 is 0 Å². The van der Waals surface area contributed by atoms with E-state index >= 15 is 0 Å². The minimum atomic E-state index is -0.378. The van der Waals surface area contributed by atoms with E-state index in [2.05, 4.69) is 5.92 Å². The number of benzene rings is 3. The molecular formula is C30H28FN3O. The van der Waals surface area contributed by atoms with Gasteiger partial charge in [0.05, 0.1) is 17.1 Å². The van der Waals surface area contributed by atoms with Gasteiger partial charge in [0.15, 0.2) is 0 Å². The normalized spacial score (nSPS) is 14.5. The summed E-state index contributed by atoms with van der Waals surface area (Å²) in [7, 11) is 0. The second kappa shape index (κ2) is 10.5. The lowest BCUT2D eigenvalue weighted by Crippen LogP contribution is -2.40. The fraction of sp³-hybridized carbons (Fsp3) is 0.233. The van der Waals surface area contributed by atoms with E-state index in [-0.39, 0.29) is 23.4 Å². The van der Waals surface area contributed by atoms with E-state index in [1.807, 2.05) is 49.1 Å². The van der Waals surface area contributed by atoms with Crippen molar-refractivity contribution in [3.63, 3.8) is 0 Å². The fourth-order valence-electron chi connectivity index (χ4n) is 4.48. The molecule has 3 aromatic carbocycles. The number of hydrogen-bond acceptors (Lipinski definition) is 3. The molecule has 0 aliphatic carbocycles. The number of nitrogens with one attached hydrogen (secondary N) is 1. The van der Waals surface area contributed by atoms with Crippen LogP contribution in [0, 0.1) is 43.3 Å². The zero-order chi connectivity index (χ0) is 24.9. The molecule has 0 spiro atoms. The first-order chi connectivity index (χ1) is 16.9. The van der Waals surface area contributed by atoms with Crippen molar-refractivity contribution in [2.45, 2.75) is 26.7 Å². The Morgan fingerprint density at radius 1 is 1.00 bits per heavy atom. The monoisotopic (exact) mass is 465 g/mol. The second-order valence-electron chi connectivity index (χ2n) is 8.91. The molecule has 0 atom stereocenters. The Labute approximate surface area is 206 Å². The predicted molar refractivity (Wildman–Crippen MR) is 139 cm³/mol. The molecule has 0 radical (unpaired) electrons. The van der Waals surface area contributed by atoms with E-state index in [1.165, 1.54) is 12.1 Å². The van der Waals surface area contributed by atoms with Crippen LogP contribution in [0.4, 0.5) is 10.1 Å². The van der Waals surface area contributed by atoms with Gasteiger partial charge in [-0.2, -0.15) is 0 Å². The maximum atomic E-state index is 13.6. The van der Waals surface area contributed by atoms with Crippen LogP contribution >= 0.6 is 0 Å². The van der Waals surface area contributed by atoms with Crippen LogP contribution in [0.5, 0.6) is 0 Å². The van der Waals surface area contributed by atoms with Crippen LogP contribution in [0.2, 0.25) is 0 Å². The Morgan fingerprint density at radius 3 is 2.40 bits per heavy atom. The highest BCUT2D eigenvalue weighted by Crippen LogP contribution is 2.25. The van der Waals surface area contributed by atoms with Crippen molar-refractivity contribution in [3.8, 4) is 12.3 Å². The van der Waals surface area contributed by atoms with Crippen molar-refractivity contribution in [2.24, 2.45) is 10.9 Å². The molecule has 0 unspecified atom stereocenters. The Kier molecular flexibility index (Phi) is 7.22. The zero-order valence-electron chi connectivity index (χ0n) is 20.0. The molecule has 4 rings (SSSR count). The van der Waals surface area contributed by atoms with Gasteiger partial charge < -0.3 is 4.90 Å². The lowest BCUT2D eigenvalue weighted by atomic mass is 9.91. The third-order valence-electron chi connectivity index (χ3n) is 6.53. The molecular weight excluding hydrogens is 437 g/mol. The van der Waals surface area contributed by atoms with Crippen LogP contribution < -0.4 is 0 Å². The van der Waals surface area contributed by atoms with Gasteiger partial charge in [-0.1, -0.05) is 42.3 Å². The lowest BCUT2D eigenvalue weighted by Gasteiger charge is -2.32. The number of carbonyl (C=O) groups excluding carboxylic acids is 1. The number of hydrogen-bond donors (Lipinski definition) is 1. The summed E-state index contributed by atoms with van der Waals surface area (Å²) < 4.78 is 13.6. The van der Waals surface area contributed by atoms with Crippen LogP contribution in [-0.4, -0.2) is 35.3 Å². The first-order valence-corrected chi connectivity index (χ1v) is 11.7. The van der Waals surface area contributed by atoms with Gasteiger partial charge in [0.25, 0.3) is 5.91 Å². The predicted octanol–water partition coefficient (Wildman–Crippen LogP) is 6.12. The number of aliphatic imine (C=N–C) groups is 1. The van der Waals surface area contributed by atoms with Gasteiger partial charge in [-0.25, -0.2) is 9.38 Å². The molecule has 3 aromatic rings. The lowest BCUT2D eigenvalue weighted by molar-refractivity contribution is 0.0710. The van der Waals surface area contributed by atoms with E-state index in [4.69, 9.17) is 16.8 Å². The SMILES string of the molecule is C#CC(=Nc1ccccc1C)C1CCN(C(=O)c2ccc(C(=N)c3cccc(F)c3)c(C)c2)CC1. The zero-order valence-corrected chi connectivity index (χ0v) is 20.0. The number of amides is 1. The van der Waals surface area contributed by atoms with Gasteiger partial charge in [-0.15, -0.1) is 6.42 Å². The van der Waals surface area contributed by atoms with E-state index in [1.54, 1.807) is 24.3 Å². The van der Waals surface area contributed by atoms with Gasteiger partial charge in [0.2, 0.25) is 0 Å². The first-order valence-electron chi connectivity index (χ1n) is 11.7. The average molecular weight is 466 g/mol. The minimum absolute atomic E-state index is 0.0338. The van der Waals surface area contributed by atoms with E-state index in [0.29, 0.717) is 29.8 Å². The van der Waals surface area contributed by atoms with Crippen LogP contribution in [0.15, 0.2) is 71.7 Å². The van der Waals surface area contributed by atoms with Crippen molar-refractivity contribution in [3.05, 3.63) is 100 Å². The molecule has 1 heterocycles. The third kappa shape index (κ3) is 5.38. The smallest absolute Gasteiger partial charge is 0.253 e. The topological polar surface area (TPSA) is 56.5 Å². The summed E-state index contributed by atoms with van der Waals surface area (Å²) in [4.78, 5) is 19.8. The summed E-state index contributed by atoms with van der Waals surface area (Å²) in [5, 5.41) is 8.47. The summed E-state index contributed by atoms with van der Waals surface area (Å²) in [5.74, 6) is 2.51. The second-order valence-corrected chi connectivity index (χ2v) is 8.91. The number of aryl methyl sites for hydroxylation is 2. The molecule has 176 valence electrons. The highest BCUT2D eigenvalue weighted by molar-refractivity contribution is 6.12. The summed E-state index contributed by atoms with van der Waals surface area (Å²) in [6.07, 6.45) is 7.32. The standard InChI is InChI=1S/C30H28FN3O/c1-4-27(33-28-11-6-5-8-20(28)2)22-14-16-34(17-15-22)30(35)24-12-13-26(21(3)18-24)29(32)23-9-7-10-25(31)19-23/h1,5-13,18-19,22,32H,14-17H2,2-3H3. The molecule has 1 N–H and O–H groups in total. The summed E-state index contributed by atoms with van der Waals surface area (Å²) in [5.41, 5.74) is 5.51. The molecule has 1 saturated heterocycles. The molecule has 0 saturated carbocycles. The van der Waals surface area contributed by atoms with Gasteiger partial charge in [-0.3, -0.25) is 10.2 Å². The minimum Gasteiger partial charge on any atom is -0.339 e. The Balaban J connectivity index is 1.44. The van der Waals surface area contributed by atoms with Crippen molar-refractivity contribution in [2.75, 3.05) is 13.1 Å². The number of rotatable bonds is 5. The molecule has 1 aliphatic heterocycles. The first kappa shape index (κ1) is 24.1. The van der Waals surface area contributed by atoms with Crippen LogP contribution in [0.3, 0.4) is 0 Å². The molecule has 4 nitrogen and oxygen atoms in total. The number of piperidine rings is 1. The van der Waals surface area contributed by atoms with Crippen LogP contribution in [-0.2, 0) is 0 Å². The molecule has 35 heavy (non-hydrogen) atoms. The fourth-order valence-corrected chi connectivity index (χ4v) is 4.48. The Hall–Kier alpha value is -4.04. The third-order valence-corrected chi connectivity index (χ3v) is 6.53. The number of halogens is 1. The molecule has 1 aliphatic rings. The summed E-state index contributed by atoms with van der Waals surface area (Å²) in [6, 6.07) is 19.2. The molecule has 1 fully saturated rings. The van der Waals surface area contributed by atoms with Gasteiger partial charge in [0, 0.05) is 35.7 Å². The number of carbonyl (C=O) groups is 1. The van der Waals surface area contributed by atoms with Crippen molar-refractivity contribution in [1.82, 2.24) is 4.90 Å². The summed E-state index contributed by atoms with van der Waals surface area (Å²) >= 11 is 0. The highest BCUT2D eigenvalue weighted by atomic mass is 19.1. The maximum absolute atomic E-state index is 13.6. The number of para-hydroxylation sites is 1. The van der Waals surface area contributed by atoms with Crippen molar-refractivity contribution < 1.29 is 9.18 Å². The Morgan fingerprint density at radius 2 is 1.74 bits per heavy atom. The summed E-state index contributed by atoms with van der Waals surface area (Å²) in [6.45, 7) is 5.10. The van der Waals surface area contributed by atoms with Crippen LogP contribution in [0.25, 0.3) is 0 Å². The largest absolute Gasteiger partial charge is 0.339 e. The van der Waals surface area contributed by atoms with Crippen molar-refractivity contribution in [1.29, 1.82) is 5.41 Å². The van der Waals surface area contributed by atoms with Gasteiger partial charge in [-0.05, 0) is 68.1 Å². The average Bonchev–Trinajstić information content (AvgIpc) is 2.87.